The van der Waals surface area contributed by atoms with Gasteiger partial charge in [-0.3, -0.25) is 4.79 Å². The average Bonchev–Trinajstić information content (AvgIpc) is 2.78. The molecule has 1 aromatic rings. The first-order valence-electron chi connectivity index (χ1n) is 11.5. The van der Waals surface area contributed by atoms with Crippen molar-refractivity contribution in [2.45, 2.75) is 70.1 Å². The van der Waals surface area contributed by atoms with Gasteiger partial charge >= 0.3 is 0 Å². The molecule has 8 heteroatoms. The van der Waals surface area contributed by atoms with Crippen LogP contribution in [0.2, 0.25) is 0 Å². The number of ether oxygens (including phenoxy) is 1. The highest BCUT2D eigenvalue weighted by atomic mass is 16.5. The Morgan fingerprint density at radius 1 is 1.03 bits per heavy atom. The largest absolute Gasteiger partial charge is 0.508 e. The summed E-state index contributed by atoms with van der Waals surface area (Å²) < 4.78 is 5.31. The molecule has 0 aromatic heterocycles. The molecule has 2 rings (SSSR count). The number of aromatic hydroxyl groups is 1. The van der Waals surface area contributed by atoms with E-state index in [0.717, 1.165) is 5.56 Å². The van der Waals surface area contributed by atoms with E-state index in [1.807, 2.05) is 6.08 Å². The molecule has 0 saturated carbocycles. The minimum Gasteiger partial charge on any atom is -0.508 e. The van der Waals surface area contributed by atoms with Gasteiger partial charge in [-0.2, -0.15) is 0 Å². The van der Waals surface area contributed by atoms with Crippen LogP contribution in [0.5, 0.6) is 5.75 Å². The van der Waals surface area contributed by atoms with E-state index < -0.39 is 36.4 Å². The van der Waals surface area contributed by atoms with Crippen LogP contribution in [0.25, 0.3) is 0 Å². The Labute approximate surface area is 200 Å². The predicted octanol–water partition coefficient (Wildman–Crippen LogP) is 2.21. The lowest BCUT2D eigenvalue weighted by Crippen LogP contribution is -2.36. The molecule has 0 fully saturated rings. The van der Waals surface area contributed by atoms with Gasteiger partial charge in [0.25, 0.3) is 0 Å². The topological polar surface area (TPSA) is 139 Å². The summed E-state index contributed by atoms with van der Waals surface area (Å²) in [5, 5.41) is 54.4. The normalized spacial score (nSPS) is 30.2. The fourth-order valence-corrected chi connectivity index (χ4v) is 3.82. The van der Waals surface area contributed by atoms with E-state index in [1.165, 1.54) is 25.3 Å². The fourth-order valence-electron chi connectivity index (χ4n) is 3.82. The second-order valence-electron chi connectivity index (χ2n) is 8.84. The highest BCUT2D eigenvalue weighted by Crippen LogP contribution is 2.23. The Balaban J connectivity index is 2.29. The van der Waals surface area contributed by atoms with Gasteiger partial charge in [-0.05, 0) is 43.0 Å². The number of allylic oxidation sites excluding steroid dienone is 3. The van der Waals surface area contributed by atoms with E-state index in [0.29, 0.717) is 24.1 Å². The van der Waals surface area contributed by atoms with E-state index in [1.54, 1.807) is 38.1 Å². The number of carbonyl (C=O) groups is 1. The number of aliphatic hydroxyl groups is 4. The molecule has 1 heterocycles. The van der Waals surface area contributed by atoms with Crippen molar-refractivity contribution in [1.29, 1.82) is 0 Å². The molecule has 0 spiro atoms. The zero-order valence-electron chi connectivity index (χ0n) is 20.0. The quantitative estimate of drug-likeness (QED) is 0.342. The van der Waals surface area contributed by atoms with Crippen molar-refractivity contribution in [3.63, 3.8) is 0 Å². The molecule has 1 aliphatic rings. The number of carbonyl (C=O) groups excluding carboxylic acids is 1. The number of aryl methyl sites for hydroxylation is 1. The molecule has 8 nitrogen and oxygen atoms in total. The molecule has 0 radical (unpaired) electrons. The number of amides is 1. The van der Waals surface area contributed by atoms with Crippen LogP contribution in [-0.4, -0.2) is 69.1 Å². The maximum Gasteiger partial charge on any atom is 0.227 e. The van der Waals surface area contributed by atoms with E-state index in [4.69, 9.17) is 4.74 Å². The minimum absolute atomic E-state index is 0.0362. The summed E-state index contributed by atoms with van der Waals surface area (Å²) in [7, 11) is 1.48. The Morgan fingerprint density at radius 2 is 1.74 bits per heavy atom. The summed E-state index contributed by atoms with van der Waals surface area (Å²) in [6, 6.07) is 4.88. The van der Waals surface area contributed by atoms with Crippen molar-refractivity contribution in [3.05, 3.63) is 59.7 Å². The van der Waals surface area contributed by atoms with Crippen LogP contribution in [-0.2, 0) is 16.0 Å². The lowest BCUT2D eigenvalue weighted by Gasteiger charge is -2.27. The molecule has 6 atom stereocenters. The highest BCUT2D eigenvalue weighted by molar-refractivity contribution is 5.91. The van der Waals surface area contributed by atoms with Crippen molar-refractivity contribution < 1.29 is 35.1 Å². The van der Waals surface area contributed by atoms with E-state index in [2.05, 4.69) is 5.32 Å². The van der Waals surface area contributed by atoms with Gasteiger partial charge in [0.15, 0.2) is 0 Å². The molecule has 6 unspecified atom stereocenters. The first-order valence-corrected chi connectivity index (χ1v) is 11.5. The maximum atomic E-state index is 12.5. The first-order chi connectivity index (χ1) is 16.1. The zero-order chi connectivity index (χ0) is 25.3. The number of methoxy groups -OCH3 is 1. The lowest BCUT2D eigenvalue weighted by molar-refractivity contribution is -0.117. The van der Waals surface area contributed by atoms with Crippen LogP contribution >= 0.6 is 0 Å². The van der Waals surface area contributed by atoms with Gasteiger partial charge in [-0.1, -0.05) is 37.3 Å². The van der Waals surface area contributed by atoms with Crippen LogP contribution in [0, 0.1) is 5.92 Å². The summed E-state index contributed by atoms with van der Waals surface area (Å²) in [4.78, 5) is 12.5. The first kappa shape index (κ1) is 27.8. The van der Waals surface area contributed by atoms with Crippen molar-refractivity contribution in [1.82, 2.24) is 0 Å². The van der Waals surface area contributed by atoms with Gasteiger partial charge in [0.05, 0.1) is 36.9 Å². The number of nitrogens with one attached hydrogen (secondary N) is 1. The number of phenolic OH excluding ortho intramolecular Hbond substituents is 1. The van der Waals surface area contributed by atoms with Crippen molar-refractivity contribution in [2.75, 3.05) is 12.4 Å². The number of rotatable bonds is 1. The van der Waals surface area contributed by atoms with Crippen LogP contribution in [0.1, 0.15) is 38.7 Å². The van der Waals surface area contributed by atoms with Crippen molar-refractivity contribution >= 4 is 11.6 Å². The second-order valence-corrected chi connectivity index (χ2v) is 8.84. The second kappa shape index (κ2) is 13.4. The van der Waals surface area contributed by atoms with Crippen LogP contribution in [0.15, 0.2) is 54.2 Å². The molecular weight excluding hydrogens is 438 g/mol. The van der Waals surface area contributed by atoms with Crippen molar-refractivity contribution in [2.24, 2.45) is 5.92 Å². The summed E-state index contributed by atoms with van der Waals surface area (Å²) in [6.45, 7) is 3.46. The standard InChI is InChI=1S/C26H37NO7/c1-16-7-6-8-18-11-19(13-20(28)12-18)27-25(32)14-21(34-3)9-4-5-10-22(29)24(31)15-23(30)17(2)26(16)33/h4-5,7,9-13,17,21-24,26,28-31,33H,6,8,14-15H2,1-3H3,(H,27,32). The number of fused-ring (bicyclic) bond motifs is 2. The third-order valence-electron chi connectivity index (χ3n) is 6.04. The minimum atomic E-state index is -1.21. The van der Waals surface area contributed by atoms with Crippen LogP contribution in [0.4, 0.5) is 5.69 Å². The van der Waals surface area contributed by atoms with Gasteiger partial charge in [0.2, 0.25) is 5.91 Å². The van der Waals surface area contributed by atoms with Crippen molar-refractivity contribution in [3.8, 4) is 5.75 Å². The molecule has 0 aliphatic carbocycles. The average molecular weight is 476 g/mol. The van der Waals surface area contributed by atoms with Gasteiger partial charge in [0, 0.05) is 31.2 Å². The molecular formula is C26H37NO7. The maximum absolute atomic E-state index is 12.5. The molecule has 1 amide bonds. The number of phenols is 1. The number of hydrogen-bond donors (Lipinski definition) is 6. The molecule has 1 aromatic carbocycles. The Hall–Kier alpha value is -2.49. The number of anilines is 1. The molecule has 34 heavy (non-hydrogen) atoms. The molecule has 2 bridgehead atoms. The fraction of sp³-hybridized carbons (Fsp3) is 0.500. The van der Waals surface area contributed by atoms with Crippen LogP contribution in [0.3, 0.4) is 0 Å². The molecule has 1 aliphatic heterocycles. The monoisotopic (exact) mass is 475 g/mol. The van der Waals surface area contributed by atoms with Gasteiger partial charge in [-0.25, -0.2) is 0 Å². The van der Waals surface area contributed by atoms with Crippen LogP contribution < -0.4 is 5.32 Å². The van der Waals surface area contributed by atoms with Gasteiger partial charge in [-0.15, -0.1) is 0 Å². The zero-order valence-corrected chi connectivity index (χ0v) is 20.0. The number of hydrogen-bond acceptors (Lipinski definition) is 7. The smallest absolute Gasteiger partial charge is 0.227 e. The molecule has 6 N–H and O–H groups in total. The van der Waals surface area contributed by atoms with E-state index >= 15 is 0 Å². The summed E-state index contributed by atoms with van der Waals surface area (Å²) in [5.74, 6) is -0.810. The number of benzene rings is 1. The molecule has 0 saturated heterocycles. The number of aliphatic hydroxyl groups excluding tert-OH is 4. The van der Waals surface area contributed by atoms with Gasteiger partial charge in [0.1, 0.15) is 5.75 Å². The van der Waals surface area contributed by atoms with E-state index in [9.17, 15) is 30.3 Å². The SMILES string of the molecule is COC1C=CC=CC(O)C(O)CC(O)C(C)C(O)C(C)=CCCc2cc(O)cc(c2)NC(=O)C1. The summed E-state index contributed by atoms with van der Waals surface area (Å²) in [6.07, 6.45) is 4.21. The Morgan fingerprint density at radius 3 is 2.44 bits per heavy atom. The predicted molar refractivity (Wildman–Crippen MR) is 130 cm³/mol. The Kier molecular flexibility index (Phi) is 10.9. The summed E-state index contributed by atoms with van der Waals surface area (Å²) >= 11 is 0. The highest BCUT2D eigenvalue weighted by Gasteiger charge is 2.27. The Bertz CT molecular complexity index is 895. The molecule has 188 valence electrons. The summed E-state index contributed by atoms with van der Waals surface area (Å²) in [5.41, 5.74) is 1.97. The third kappa shape index (κ3) is 8.70. The van der Waals surface area contributed by atoms with E-state index in [-0.39, 0.29) is 24.5 Å². The lowest BCUT2D eigenvalue weighted by atomic mass is 9.88. The van der Waals surface area contributed by atoms with Gasteiger partial charge < -0.3 is 35.6 Å². The third-order valence-corrected chi connectivity index (χ3v) is 6.04.